The molecule has 124 valence electrons. The van der Waals surface area contributed by atoms with Crippen LogP contribution in [0.3, 0.4) is 0 Å². The second-order valence-electron chi connectivity index (χ2n) is 5.20. The molecule has 5 nitrogen and oxygen atoms in total. The molecule has 7 heteroatoms. The average Bonchev–Trinajstić information content (AvgIpc) is 3.05. The second-order valence-corrected chi connectivity index (χ2v) is 6.14. The van der Waals surface area contributed by atoms with Gasteiger partial charge in [-0.05, 0) is 24.4 Å². The van der Waals surface area contributed by atoms with Crippen LogP contribution in [0.15, 0.2) is 17.5 Å². The van der Waals surface area contributed by atoms with Gasteiger partial charge in [-0.1, -0.05) is 6.07 Å². The monoisotopic (exact) mass is 345 g/mol. The van der Waals surface area contributed by atoms with Crippen molar-refractivity contribution < 1.29 is 9.59 Å². The molecule has 1 aromatic heterocycles. The zero-order valence-corrected chi connectivity index (χ0v) is 14.3. The van der Waals surface area contributed by atoms with Crippen LogP contribution in [0.4, 0.5) is 0 Å². The molecule has 2 rings (SSSR count). The topological polar surface area (TPSA) is 61.4 Å². The molecule has 1 amide bonds. The maximum atomic E-state index is 11.8. The van der Waals surface area contributed by atoms with Gasteiger partial charge in [0.1, 0.15) is 0 Å². The van der Waals surface area contributed by atoms with Crippen molar-refractivity contribution >= 4 is 35.4 Å². The first-order valence-corrected chi connectivity index (χ1v) is 8.40. The molecule has 1 saturated heterocycles. The van der Waals surface area contributed by atoms with E-state index in [0.717, 1.165) is 44.0 Å². The highest BCUT2D eigenvalue weighted by Crippen LogP contribution is 2.12. The highest BCUT2D eigenvalue weighted by molar-refractivity contribution is 7.12. The Labute approximate surface area is 141 Å². The van der Waals surface area contributed by atoms with E-state index in [4.69, 9.17) is 0 Å². The molecule has 1 aliphatic heterocycles. The van der Waals surface area contributed by atoms with E-state index in [-0.39, 0.29) is 30.5 Å². The first kappa shape index (κ1) is 19.1. The third-order valence-corrected chi connectivity index (χ3v) is 4.47. The average molecular weight is 346 g/mol. The Morgan fingerprint density at radius 1 is 1.27 bits per heavy atom. The Morgan fingerprint density at radius 2 is 2.05 bits per heavy atom. The van der Waals surface area contributed by atoms with E-state index in [1.54, 1.807) is 6.07 Å². The molecular formula is C15H24ClN3O2S. The summed E-state index contributed by atoms with van der Waals surface area (Å²) in [5, 5.41) is 8.09. The van der Waals surface area contributed by atoms with Gasteiger partial charge in [-0.2, -0.15) is 0 Å². The van der Waals surface area contributed by atoms with E-state index in [0.29, 0.717) is 13.0 Å². The molecule has 0 aromatic carbocycles. The van der Waals surface area contributed by atoms with Gasteiger partial charge in [0, 0.05) is 45.6 Å². The van der Waals surface area contributed by atoms with Gasteiger partial charge in [-0.3, -0.25) is 9.59 Å². The lowest BCUT2D eigenvalue weighted by atomic mass is 10.2. The number of halogens is 1. The van der Waals surface area contributed by atoms with Crippen molar-refractivity contribution in [2.45, 2.75) is 19.3 Å². The lowest BCUT2D eigenvalue weighted by molar-refractivity contribution is -0.121. The number of piperazine rings is 1. The summed E-state index contributed by atoms with van der Waals surface area (Å²) in [6.07, 6.45) is 1.54. The normalized spacial score (nSPS) is 15.1. The summed E-state index contributed by atoms with van der Waals surface area (Å²) in [5.41, 5.74) is 0. The molecule has 0 bridgehead atoms. The van der Waals surface area contributed by atoms with Crippen molar-refractivity contribution in [1.29, 1.82) is 0 Å². The third kappa shape index (κ3) is 6.87. The van der Waals surface area contributed by atoms with Crippen LogP contribution >= 0.6 is 23.7 Å². The number of Topliss-reactive ketones (excluding diaryl/α,β-unsaturated/α-hetero) is 1. The fraction of sp³-hybridized carbons (Fsp3) is 0.600. The number of carbonyl (C=O) groups excluding carboxylic acids is 2. The van der Waals surface area contributed by atoms with Crippen molar-refractivity contribution in [1.82, 2.24) is 15.5 Å². The highest BCUT2D eigenvalue weighted by atomic mass is 35.5. The molecule has 0 aliphatic carbocycles. The molecule has 0 saturated carbocycles. The number of hydrogen-bond acceptors (Lipinski definition) is 5. The number of ketones is 1. The molecule has 22 heavy (non-hydrogen) atoms. The van der Waals surface area contributed by atoms with Gasteiger partial charge in [0.25, 0.3) is 0 Å². The quantitative estimate of drug-likeness (QED) is 0.554. The smallest absolute Gasteiger partial charge is 0.220 e. The van der Waals surface area contributed by atoms with Crippen molar-refractivity contribution in [2.24, 2.45) is 0 Å². The van der Waals surface area contributed by atoms with Gasteiger partial charge in [0.15, 0.2) is 5.78 Å². The van der Waals surface area contributed by atoms with E-state index >= 15 is 0 Å². The minimum Gasteiger partial charge on any atom is -0.356 e. The summed E-state index contributed by atoms with van der Waals surface area (Å²) in [5.74, 6) is 0.0289. The van der Waals surface area contributed by atoms with Gasteiger partial charge in [0.05, 0.1) is 4.88 Å². The Bertz CT molecular complexity index is 448. The van der Waals surface area contributed by atoms with E-state index in [9.17, 15) is 9.59 Å². The van der Waals surface area contributed by atoms with Crippen molar-refractivity contribution in [2.75, 3.05) is 39.3 Å². The SMILES string of the molecule is Cl.O=C(CCC(=O)c1cccs1)NCCCN1CCNCC1. The van der Waals surface area contributed by atoms with Gasteiger partial charge in [-0.15, -0.1) is 23.7 Å². The third-order valence-electron chi connectivity index (χ3n) is 3.56. The maximum absolute atomic E-state index is 11.8. The predicted octanol–water partition coefficient (Wildman–Crippen LogP) is 1.54. The lowest BCUT2D eigenvalue weighted by Gasteiger charge is -2.27. The Balaban J connectivity index is 0.00000242. The molecule has 0 unspecified atom stereocenters. The van der Waals surface area contributed by atoms with Gasteiger partial charge >= 0.3 is 0 Å². The molecular weight excluding hydrogens is 322 g/mol. The van der Waals surface area contributed by atoms with Crippen molar-refractivity contribution in [3.63, 3.8) is 0 Å². The van der Waals surface area contributed by atoms with Gasteiger partial charge in [0.2, 0.25) is 5.91 Å². The van der Waals surface area contributed by atoms with E-state index < -0.39 is 0 Å². The highest BCUT2D eigenvalue weighted by Gasteiger charge is 2.11. The van der Waals surface area contributed by atoms with Crippen molar-refractivity contribution in [3.05, 3.63) is 22.4 Å². The summed E-state index contributed by atoms with van der Waals surface area (Å²) >= 11 is 1.43. The summed E-state index contributed by atoms with van der Waals surface area (Å²) in [7, 11) is 0. The van der Waals surface area contributed by atoms with Crippen LogP contribution in [0.25, 0.3) is 0 Å². The fourth-order valence-corrected chi connectivity index (χ4v) is 3.04. The molecule has 1 aromatic rings. The van der Waals surface area contributed by atoms with Crippen LogP contribution in [0, 0.1) is 0 Å². The Morgan fingerprint density at radius 3 is 2.73 bits per heavy atom. The summed E-state index contributed by atoms with van der Waals surface area (Å²) < 4.78 is 0. The molecule has 1 aliphatic rings. The number of rotatable bonds is 8. The number of hydrogen-bond donors (Lipinski definition) is 2. The molecule has 2 N–H and O–H groups in total. The minimum absolute atomic E-state index is 0. The number of amides is 1. The van der Waals surface area contributed by atoms with Crippen LogP contribution in [0.2, 0.25) is 0 Å². The first-order chi connectivity index (χ1) is 10.3. The summed E-state index contributed by atoms with van der Waals surface area (Å²) in [6.45, 7) is 5.99. The zero-order valence-electron chi connectivity index (χ0n) is 12.7. The number of nitrogens with one attached hydrogen (secondary N) is 2. The summed E-state index contributed by atoms with van der Waals surface area (Å²) in [6, 6.07) is 3.66. The maximum Gasteiger partial charge on any atom is 0.220 e. The van der Waals surface area contributed by atoms with Gasteiger partial charge in [-0.25, -0.2) is 0 Å². The number of nitrogens with zero attached hydrogens (tertiary/aromatic N) is 1. The summed E-state index contributed by atoms with van der Waals surface area (Å²) in [4.78, 5) is 26.6. The first-order valence-electron chi connectivity index (χ1n) is 7.52. The second kappa shape index (κ2) is 10.7. The fourth-order valence-electron chi connectivity index (χ4n) is 2.34. The van der Waals surface area contributed by atoms with E-state index in [1.807, 2.05) is 11.4 Å². The van der Waals surface area contributed by atoms with E-state index in [2.05, 4.69) is 15.5 Å². The Hall–Kier alpha value is -0.950. The molecule has 1 fully saturated rings. The largest absolute Gasteiger partial charge is 0.356 e. The Kier molecular flexibility index (Phi) is 9.31. The van der Waals surface area contributed by atoms with Crippen LogP contribution in [0.1, 0.15) is 28.9 Å². The van der Waals surface area contributed by atoms with Crippen LogP contribution in [0.5, 0.6) is 0 Å². The van der Waals surface area contributed by atoms with E-state index in [1.165, 1.54) is 11.3 Å². The predicted molar refractivity (Wildman–Crippen MR) is 92.1 cm³/mol. The van der Waals surface area contributed by atoms with Crippen LogP contribution in [-0.4, -0.2) is 55.9 Å². The van der Waals surface area contributed by atoms with Crippen molar-refractivity contribution in [3.8, 4) is 0 Å². The standard InChI is InChI=1S/C15H23N3O2S.ClH/c19-13(14-3-1-12-21-14)4-5-15(20)17-6-2-9-18-10-7-16-8-11-18;/h1,3,12,16H,2,4-11H2,(H,17,20);1H. The van der Waals surface area contributed by atoms with Crippen LogP contribution in [-0.2, 0) is 4.79 Å². The van der Waals surface area contributed by atoms with Crippen LogP contribution < -0.4 is 10.6 Å². The minimum atomic E-state index is -0.0276. The zero-order chi connectivity index (χ0) is 14.9. The molecule has 0 atom stereocenters. The lowest BCUT2D eigenvalue weighted by Crippen LogP contribution is -2.44. The molecule has 2 heterocycles. The number of thiophene rings is 1. The number of carbonyl (C=O) groups is 2. The molecule has 0 spiro atoms. The van der Waals surface area contributed by atoms with Gasteiger partial charge < -0.3 is 15.5 Å². The molecule has 0 radical (unpaired) electrons.